The van der Waals surface area contributed by atoms with Gasteiger partial charge in [-0.25, -0.2) is 4.79 Å². The zero-order valence-electron chi connectivity index (χ0n) is 9.74. The third-order valence-corrected chi connectivity index (χ3v) is 4.52. The van der Waals surface area contributed by atoms with Crippen LogP contribution in [0.1, 0.15) is 30.6 Å². The second-order valence-electron chi connectivity index (χ2n) is 4.09. The number of rotatable bonds is 5. The summed E-state index contributed by atoms with van der Waals surface area (Å²) in [6, 6.07) is 5.17. The monoisotopic (exact) mass is 318 g/mol. The molecule has 1 rings (SSSR count). The highest BCUT2D eigenvalue weighted by Crippen LogP contribution is 2.28. The molecule has 0 aliphatic carbocycles. The average molecular weight is 319 g/mol. The maximum Gasteiger partial charge on any atom is 0.336 e. The molecule has 17 heavy (non-hydrogen) atoms. The lowest BCUT2D eigenvalue weighted by atomic mass is 10.1. The molecule has 1 aromatic carbocycles. The first-order valence-corrected chi connectivity index (χ1v) is 7.01. The summed E-state index contributed by atoms with van der Waals surface area (Å²) in [5, 5.41) is 18.8. The summed E-state index contributed by atoms with van der Waals surface area (Å²) in [6.07, 6.45) is 0.669. The van der Waals surface area contributed by atoms with Crippen molar-refractivity contribution in [3.05, 3.63) is 28.2 Å². The first-order chi connectivity index (χ1) is 7.85. The smallest absolute Gasteiger partial charge is 0.336 e. The van der Waals surface area contributed by atoms with Gasteiger partial charge in [0, 0.05) is 15.1 Å². The highest BCUT2D eigenvalue weighted by Gasteiger charge is 2.18. The summed E-state index contributed by atoms with van der Waals surface area (Å²) in [5.74, 6) is -0.411. The van der Waals surface area contributed by atoms with E-state index in [1.165, 1.54) is 11.8 Å². The fraction of sp³-hybridized carbons (Fsp3) is 0.417. The molecule has 1 aromatic rings. The number of benzene rings is 1. The van der Waals surface area contributed by atoms with Gasteiger partial charge in [0.25, 0.3) is 0 Å². The van der Waals surface area contributed by atoms with Gasteiger partial charge in [-0.3, -0.25) is 0 Å². The fourth-order valence-electron chi connectivity index (χ4n) is 1.10. The number of aliphatic hydroxyl groups is 1. The molecule has 0 amide bonds. The predicted molar refractivity (Wildman–Crippen MR) is 72.7 cm³/mol. The first kappa shape index (κ1) is 14.5. The Morgan fingerprint density at radius 1 is 1.53 bits per heavy atom. The molecule has 2 N–H and O–H groups in total. The van der Waals surface area contributed by atoms with Gasteiger partial charge in [0.1, 0.15) is 0 Å². The van der Waals surface area contributed by atoms with E-state index in [9.17, 15) is 9.90 Å². The molecule has 0 aliphatic rings. The van der Waals surface area contributed by atoms with Gasteiger partial charge in [0.15, 0.2) is 0 Å². The third kappa shape index (κ3) is 4.33. The minimum Gasteiger partial charge on any atom is -0.478 e. The first-order valence-electron chi connectivity index (χ1n) is 5.24. The summed E-state index contributed by atoms with van der Waals surface area (Å²) >= 11 is 4.65. The van der Waals surface area contributed by atoms with Crippen LogP contribution in [-0.2, 0) is 0 Å². The van der Waals surface area contributed by atoms with Crippen molar-refractivity contribution in [2.75, 3.05) is 5.75 Å². The van der Waals surface area contributed by atoms with Crippen molar-refractivity contribution in [2.45, 2.75) is 30.8 Å². The number of thioether (sulfide) groups is 1. The van der Waals surface area contributed by atoms with E-state index < -0.39 is 11.6 Å². The highest BCUT2D eigenvalue weighted by molar-refractivity contribution is 9.10. The van der Waals surface area contributed by atoms with Gasteiger partial charge in [-0.1, -0.05) is 6.92 Å². The maximum atomic E-state index is 10.9. The van der Waals surface area contributed by atoms with Gasteiger partial charge < -0.3 is 10.2 Å². The highest BCUT2D eigenvalue weighted by atomic mass is 79.9. The molecule has 94 valence electrons. The number of carboxylic acid groups (broad SMARTS) is 1. The van der Waals surface area contributed by atoms with Crippen molar-refractivity contribution in [3.63, 3.8) is 0 Å². The lowest BCUT2D eigenvalue weighted by Crippen LogP contribution is -2.25. The Morgan fingerprint density at radius 3 is 2.71 bits per heavy atom. The Morgan fingerprint density at radius 2 is 2.18 bits per heavy atom. The Labute approximate surface area is 113 Å². The molecule has 0 fully saturated rings. The zero-order chi connectivity index (χ0) is 13.1. The van der Waals surface area contributed by atoms with E-state index in [4.69, 9.17) is 5.11 Å². The largest absolute Gasteiger partial charge is 0.478 e. The van der Waals surface area contributed by atoms with E-state index in [1.807, 2.05) is 13.0 Å². The second kappa shape index (κ2) is 5.89. The lowest BCUT2D eigenvalue weighted by Gasteiger charge is -2.20. The van der Waals surface area contributed by atoms with Crippen LogP contribution in [0, 0.1) is 0 Å². The van der Waals surface area contributed by atoms with Crippen LogP contribution >= 0.6 is 27.7 Å². The van der Waals surface area contributed by atoms with Crippen molar-refractivity contribution in [1.29, 1.82) is 0 Å². The SMILES string of the molecule is CCC(C)(O)CSc1ccc(Br)c(C(=O)O)c1. The van der Waals surface area contributed by atoms with E-state index in [2.05, 4.69) is 15.9 Å². The number of carbonyl (C=O) groups is 1. The minimum atomic E-state index is -0.957. The van der Waals surface area contributed by atoms with Gasteiger partial charge in [0.05, 0.1) is 11.2 Å². The number of halogens is 1. The fourth-order valence-corrected chi connectivity index (χ4v) is 2.56. The van der Waals surface area contributed by atoms with Crippen molar-refractivity contribution in [3.8, 4) is 0 Å². The van der Waals surface area contributed by atoms with Crippen LogP contribution in [0.3, 0.4) is 0 Å². The molecular weight excluding hydrogens is 304 g/mol. The molecule has 0 spiro atoms. The van der Waals surface area contributed by atoms with E-state index in [-0.39, 0.29) is 5.56 Å². The summed E-state index contributed by atoms with van der Waals surface area (Å²) < 4.78 is 0.566. The summed E-state index contributed by atoms with van der Waals surface area (Å²) in [4.78, 5) is 11.8. The van der Waals surface area contributed by atoms with Gasteiger partial charge in [-0.05, 0) is 47.5 Å². The molecular formula is C12H15BrO3S. The average Bonchev–Trinajstić information content (AvgIpc) is 2.27. The molecule has 3 nitrogen and oxygen atoms in total. The van der Waals surface area contributed by atoms with Crippen LogP contribution in [0.4, 0.5) is 0 Å². The van der Waals surface area contributed by atoms with Crippen LogP contribution in [0.2, 0.25) is 0 Å². The predicted octanol–water partition coefficient (Wildman–Crippen LogP) is 3.40. The molecule has 0 bridgehead atoms. The molecule has 5 heteroatoms. The van der Waals surface area contributed by atoms with Gasteiger partial charge in [-0.2, -0.15) is 0 Å². The summed E-state index contributed by atoms with van der Waals surface area (Å²) in [5.41, 5.74) is -0.479. The molecule has 1 unspecified atom stereocenters. The van der Waals surface area contributed by atoms with Gasteiger partial charge in [-0.15, -0.1) is 11.8 Å². The standard InChI is InChI=1S/C12H15BrO3S/c1-3-12(2,16)7-17-8-4-5-10(13)9(6-8)11(14)15/h4-6,16H,3,7H2,1-2H3,(H,14,15). The summed E-state index contributed by atoms with van der Waals surface area (Å²) in [6.45, 7) is 3.70. The second-order valence-corrected chi connectivity index (χ2v) is 5.99. The quantitative estimate of drug-likeness (QED) is 0.817. The lowest BCUT2D eigenvalue weighted by molar-refractivity contribution is 0.0695. The minimum absolute atomic E-state index is 0.242. The number of aromatic carboxylic acids is 1. The molecule has 0 saturated heterocycles. The van der Waals surface area contributed by atoms with E-state index in [1.54, 1.807) is 19.1 Å². The van der Waals surface area contributed by atoms with Crippen LogP contribution in [0.25, 0.3) is 0 Å². The normalized spacial score (nSPS) is 14.4. The van der Waals surface area contributed by atoms with E-state index >= 15 is 0 Å². The Hall–Kier alpha value is -0.520. The Balaban J connectivity index is 2.80. The summed E-state index contributed by atoms with van der Waals surface area (Å²) in [7, 11) is 0. The number of hydrogen-bond donors (Lipinski definition) is 2. The third-order valence-electron chi connectivity index (χ3n) is 2.48. The Kier molecular flexibility index (Phi) is 5.04. The number of carboxylic acids is 1. The molecule has 0 aliphatic heterocycles. The number of hydrogen-bond acceptors (Lipinski definition) is 3. The van der Waals surface area contributed by atoms with Gasteiger partial charge >= 0.3 is 5.97 Å². The molecule has 0 saturated carbocycles. The molecule has 0 radical (unpaired) electrons. The van der Waals surface area contributed by atoms with Crippen LogP contribution in [-0.4, -0.2) is 27.5 Å². The van der Waals surface area contributed by atoms with Crippen molar-refractivity contribution >= 4 is 33.7 Å². The molecule has 0 aromatic heterocycles. The van der Waals surface area contributed by atoms with Crippen LogP contribution in [0.5, 0.6) is 0 Å². The van der Waals surface area contributed by atoms with Crippen molar-refractivity contribution in [1.82, 2.24) is 0 Å². The zero-order valence-corrected chi connectivity index (χ0v) is 12.1. The van der Waals surface area contributed by atoms with E-state index in [0.717, 1.165) is 4.90 Å². The van der Waals surface area contributed by atoms with E-state index in [0.29, 0.717) is 16.6 Å². The van der Waals surface area contributed by atoms with Crippen molar-refractivity contribution in [2.24, 2.45) is 0 Å². The topological polar surface area (TPSA) is 57.5 Å². The molecule has 0 heterocycles. The molecule has 1 atom stereocenters. The van der Waals surface area contributed by atoms with Crippen molar-refractivity contribution < 1.29 is 15.0 Å². The maximum absolute atomic E-state index is 10.9. The van der Waals surface area contributed by atoms with Crippen LogP contribution < -0.4 is 0 Å². The van der Waals surface area contributed by atoms with Gasteiger partial charge in [0.2, 0.25) is 0 Å². The van der Waals surface area contributed by atoms with Crippen LogP contribution in [0.15, 0.2) is 27.6 Å². The Bertz CT molecular complexity index is 418.